The molecule has 1 saturated heterocycles. The topological polar surface area (TPSA) is 62.6 Å². The molecule has 0 bridgehead atoms. The van der Waals surface area contributed by atoms with Gasteiger partial charge in [-0.1, -0.05) is 11.6 Å². The van der Waals surface area contributed by atoms with Gasteiger partial charge in [0.15, 0.2) is 5.76 Å². The molecular formula is C19H24N2O3. The second-order valence-electron chi connectivity index (χ2n) is 6.91. The van der Waals surface area contributed by atoms with Crippen LogP contribution in [0, 0.1) is 13.8 Å². The van der Waals surface area contributed by atoms with Gasteiger partial charge in [0.2, 0.25) is 5.91 Å². The molecular weight excluding hydrogens is 304 g/mol. The molecule has 128 valence electrons. The van der Waals surface area contributed by atoms with Gasteiger partial charge in [-0.15, -0.1) is 0 Å². The van der Waals surface area contributed by atoms with Crippen LogP contribution in [0.4, 0.5) is 0 Å². The third kappa shape index (κ3) is 3.03. The molecule has 0 radical (unpaired) electrons. The van der Waals surface area contributed by atoms with Crippen molar-refractivity contribution in [2.75, 3.05) is 6.54 Å². The van der Waals surface area contributed by atoms with Crippen molar-refractivity contribution in [1.82, 2.24) is 10.2 Å². The molecule has 5 heteroatoms. The summed E-state index contributed by atoms with van der Waals surface area (Å²) >= 11 is 0. The monoisotopic (exact) mass is 328 g/mol. The number of carbonyl (C=O) groups excluding carboxylic acids is 2. The first-order chi connectivity index (χ1) is 11.4. The number of fused-ring (bicyclic) bond motifs is 1. The second-order valence-corrected chi connectivity index (χ2v) is 6.91. The fraction of sp³-hybridized carbons (Fsp3) is 0.474. The average Bonchev–Trinajstić information content (AvgIpc) is 3.08. The predicted octanol–water partition coefficient (Wildman–Crippen LogP) is 3.18. The Kier molecular flexibility index (Phi) is 4.35. The molecule has 2 aromatic rings. The molecule has 2 heterocycles. The van der Waals surface area contributed by atoms with Gasteiger partial charge in [-0.3, -0.25) is 9.59 Å². The van der Waals surface area contributed by atoms with Crippen molar-refractivity contribution in [3.8, 4) is 0 Å². The maximum absolute atomic E-state index is 13.1. The van der Waals surface area contributed by atoms with E-state index >= 15 is 0 Å². The van der Waals surface area contributed by atoms with Gasteiger partial charge in [0.05, 0.1) is 0 Å². The van der Waals surface area contributed by atoms with Crippen LogP contribution in [0.5, 0.6) is 0 Å². The molecule has 0 aliphatic carbocycles. The molecule has 1 aromatic carbocycles. The van der Waals surface area contributed by atoms with E-state index < -0.39 is 0 Å². The highest BCUT2D eigenvalue weighted by Crippen LogP contribution is 2.28. The zero-order chi connectivity index (χ0) is 17.4. The van der Waals surface area contributed by atoms with E-state index in [1.54, 1.807) is 4.90 Å². The zero-order valence-corrected chi connectivity index (χ0v) is 14.7. The van der Waals surface area contributed by atoms with Crippen molar-refractivity contribution in [2.45, 2.75) is 52.6 Å². The lowest BCUT2D eigenvalue weighted by Gasteiger charge is -2.28. The highest BCUT2D eigenvalue weighted by Gasteiger charge is 2.30. The summed E-state index contributed by atoms with van der Waals surface area (Å²) < 4.78 is 5.85. The molecule has 24 heavy (non-hydrogen) atoms. The van der Waals surface area contributed by atoms with Crippen LogP contribution in [0.1, 0.15) is 48.4 Å². The summed E-state index contributed by atoms with van der Waals surface area (Å²) in [5.41, 5.74) is 2.75. The third-order valence-corrected chi connectivity index (χ3v) is 4.67. The van der Waals surface area contributed by atoms with Crippen LogP contribution in [0.3, 0.4) is 0 Å². The number of rotatable bonds is 4. The Morgan fingerprint density at radius 2 is 2.12 bits per heavy atom. The van der Waals surface area contributed by atoms with Crippen LogP contribution in [-0.2, 0) is 4.79 Å². The van der Waals surface area contributed by atoms with Crippen LogP contribution >= 0.6 is 0 Å². The van der Waals surface area contributed by atoms with Crippen molar-refractivity contribution in [3.63, 3.8) is 0 Å². The second kappa shape index (κ2) is 6.30. The van der Waals surface area contributed by atoms with Crippen molar-refractivity contribution < 1.29 is 14.0 Å². The minimum Gasteiger partial charge on any atom is -0.451 e. The molecule has 2 amide bonds. The molecule has 5 nitrogen and oxygen atoms in total. The Balaban J connectivity index is 1.90. The van der Waals surface area contributed by atoms with Gasteiger partial charge in [-0.2, -0.15) is 0 Å². The van der Waals surface area contributed by atoms with Crippen LogP contribution < -0.4 is 5.32 Å². The van der Waals surface area contributed by atoms with E-state index in [2.05, 4.69) is 5.32 Å². The number of hydrogen-bond acceptors (Lipinski definition) is 3. The highest BCUT2D eigenvalue weighted by atomic mass is 16.3. The molecule has 1 fully saturated rings. The number of nitrogens with one attached hydrogen (secondary N) is 1. The number of nitrogens with zero attached hydrogens (tertiary/aromatic N) is 1. The van der Waals surface area contributed by atoms with Gasteiger partial charge >= 0.3 is 0 Å². The number of benzene rings is 1. The van der Waals surface area contributed by atoms with Gasteiger partial charge in [-0.05, 0) is 46.2 Å². The van der Waals surface area contributed by atoms with E-state index in [0.29, 0.717) is 18.7 Å². The van der Waals surface area contributed by atoms with E-state index in [4.69, 9.17) is 4.42 Å². The first-order valence-electron chi connectivity index (χ1n) is 8.47. The predicted molar refractivity (Wildman–Crippen MR) is 93.0 cm³/mol. The quantitative estimate of drug-likeness (QED) is 0.937. The SMILES string of the molecule is Cc1ccc2oc(C(=O)N(CC3CCC(=O)N3)C(C)C)c(C)c2c1. The lowest BCUT2D eigenvalue weighted by molar-refractivity contribution is -0.119. The van der Waals surface area contributed by atoms with Crippen LogP contribution in [-0.4, -0.2) is 35.3 Å². The lowest BCUT2D eigenvalue weighted by Crippen LogP contribution is -2.45. The maximum Gasteiger partial charge on any atom is 0.290 e. The van der Waals surface area contributed by atoms with E-state index in [0.717, 1.165) is 28.5 Å². The Labute approximate surface area is 142 Å². The summed E-state index contributed by atoms with van der Waals surface area (Å²) in [5, 5.41) is 3.91. The molecule has 1 aromatic heterocycles. The molecule has 1 aliphatic heterocycles. The first kappa shape index (κ1) is 16.6. The van der Waals surface area contributed by atoms with Crippen molar-refractivity contribution in [1.29, 1.82) is 0 Å². The number of carbonyl (C=O) groups is 2. The fourth-order valence-electron chi connectivity index (χ4n) is 3.25. The standard InChI is InChI=1S/C19H24N2O3/c1-11(2)21(10-14-6-8-17(22)20-14)19(23)18-13(4)15-9-12(3)5-7-16(15)24-18/h5,7,9,11,14H,6,8,10H2,1-4H3,(H,20,22). The van der Waals surface area contributed by atoms with Crippen LogP contribution in [0.25, 0.3) is 11.0 Å². The number of furan rings is 1. The van der Waals surface area contributed by atoms with Crippen LogP contribution in [0.2, 0.25) is 0 Å². The van der Waals surface area contributed by atoms with Gasteiger partial charge < -0.3 is 14.6 Å². The van der Waals surface area contributed by atoms with Gasteiger partial charge in [0.25, 0.3) is 5.91 Å². The summed E-state index contributed by atoms with van der Waals surface area (Å²) in [6.07, 6.45) is 1.31. The molecule has 3 rings (SSSR count). The summed E-state index contributed by atoms with van der Waals surface area (Å²) in [6, 6.07) is 5.99. The van der Waals surface area contributed by atoms with Gasteiger partial charge in [-0.25, -0.2) is 0 Å². The van der Waals surface area contributed by atoms with Crippen molar-refractivity contribution in [3.05, 3.63) is 35.1 Å². The fourth-order valence-corrected chi connectivity index (χ4v) is 3.25. The molecule has 1 unspecified atom stereocenters. The van der Waals surface area contributed by atoms with E-state index in [1.807, 2.05) is 45.9 Å². The van der Waals surface area contributed by atoms with Gasteiger partial charge in [0, 0.05) is 36.0 Å². The largest absolute Gasteiger partial charge is 0.451 e. The number of hydrogen-bond donors (Lipinski definition) is 1. The molecule has 1 aliphatic rings. The molecule has 0 saturated carbocycles. The highest BCUT2D eigenvalue weighted by molar-refractivity contribution is 5.99. The molecule has 0 spiro atoms. The summed E-state index contributed by atoms with van der Waals surface area (Å²) in [4.78, 5) is 26.3. The third-order valence-electron chi connectivity index (χ3n) is 4.67. The summed E-state index contributed by atoms with van der Waals surface area (Å²) in [6.45, 7) is 8.43. The smallest absolute Gasteiger partial charge is 0.290 e. The van der Waals surface area contributed by atoms with Crippen molar-refractivity contribution >= 4 is 22.8 Å². The Morgan fingerprint density at radius 3 is 2.75 bits per heavy atom. The van der Waals surface area contributed by atoms with E-state index in [1.165, 1.54) is 0 Å². The number of amides is 2. The first-order valence-corrected chi connectivity index (χ1v) is 8.47. The Hall–Kier alpha value is -2.30. The minimum atomic E-state index is -0.113. The maximum atomic E-state index is 13.1. The Morgan fingerprint density at radius 1 is 1.38 bits per heavy atom. The van der Waals surface area contributed by atoms with E-state index in [9.17, 15) is 9.59 Å². The van der Waals surface area contributed by atoms with Gasteiger partial charge in [0.1, 0.15) is 5.58 Å². The molecule has 1 atom stereocenters. The normalized spacial score (nSPS) is 17.5. The summed E-state index contributed by atoms with van der Waals surface area (Å²) in [7, 11) is 0. The average molecular weight is 328 g/mol. The van der Waals surface area contributed by atoms with Crippen LogP contribution in [0.15, 0.2) is 22.6 Å². The summed E-state index contributed by atoms with van der Waals surface area (Å²) in [5.74, 6) is 0.345. The molecule has 1 N–H and O–H groups in total. The van der Waals surface area contributed by atoms with Crippen molar-refractivity contribution in [2.24, 2.45) is 0 Å². The minimum absolute atomic E-state index is 0.0239. The Bertz CT molecular complexity index is 791. The zero-order valence-electron chi connectivity index (χ0n) is 14.7. The van der Waals surface area contributed by atoms with E-state index in [-0.39, 0.29) is 23.9 Å². The lowest BCUT2D eigenvalue weighted by atomic mass is 10.1. The number of aryl methyl sites for hydroxylation is 2.